The van der Waals surface area contributed by atoms with Gasteiger partial charge in [-0.15, -0.1) is 0 Å². The van der Waals surface area contributed by atoms with Gasteiger partial charge in [0.25, 0.3) is 0 Å². The van der Waals surface area contributed by atoms with Gasteiger partial charge in [0.15, 0.2) is 0 Å². The third-order valence-electron chi connectivity index (χ3n) is 4.88. The first-order valence-electron chi connectivity index (χ1n) is 8.80. The molecule has 0 saturated heterocycles. The lowest BCUT2D eigenvalue weighted by Gasteiger charge is -2.44. The van der Waals surface area contributed by atoms with E-state index in [1.807, 2.05) is 7.11 Å². The molecule has 0 heterocycles. The summed E-state index contributed by atoms with van der Waals surface area (Å²) in [6.45, 7) is 15.7. The Balaban J connectivity index is 2.71. The lowest BCUT2D eigenvalue weighted by molar-refractivity contribution is 0.0452. The van der Waals surface area contributed by atoms with Gasteiger partial charge in [-0.2, -0.15) is 0 Å². The summed E-state index contributed by atoms with van der Waals surface area (Å²) in [6.07, 6.45) is 6.93. The third kappa shape index (κ3) is 6.66. The summed E-state index contributed by atoms with van der Waals surface area (Å²) in [5.74, 6) is 0. The third-order valence-corrected chi connectivity index (χ3v) is 4.88. The van der Waals surface area contributed by atoms with Crippen LogP contribution in [-0.2, 0) is 4.74 Å². The van der Waals surface area contributed by atoms with Crippen LogP contribution < -0.4 is 5.32 Å². The van der Waals surface area contributed by atoms with Crippen LogP contribution in [0.2, 0.25) is 0 Å². The van der Waals surface area contributed by atoms with E-state index in [2.05, 4.69) is 44.8 Å². The second-order valence-corrected chi connectivity index (χ2v) is 8.03. The Labute approximate surface area is 132 Å². The smallest absolute Gasteiger partial charge is 0.0615 e. The largest absolute Gasteiger partial charge is 0.383 e. The van der Waals surface area contributed by atoms with Crippen molar-refractivity contribution in [2.24, 2.45) is 5.41 Å². The average Bonchev–Trinajstić information content (AvgIpc) is 2.43. The number of nitrogens with one attached hydrogen (secondary N) is 1. The van der Waals surface area contributed by atoms with Gasteiger partial charge >= 0.3 is 0 Å². The molecule has 0 aliphatic heterocycles. The molecule has 126 valence electrons. The van der Waals surface area contributed by atoms with Crippen LogP contribution in [0.5, 0.6) is 0 Å². The van der Waals surface area contributed by atoms with Crippen molar-refractivity contribution >= 4 is 0 Å². The van der Waals surface area contributed by atoms with Crippen LogP contribution in [0.4, 0.5) is 0 Å². The lowest BCUT2D eigenvalue weighted by atomic mass is 9.73. The molecule has 1 atom stereocenters. The molecule has 1 saturated carbocycles. The molecule has 0 amide bonds. The molecule has 1 unspecified atom stereocenters. The maximum absolute atomic E-state index is 5.37. The van der Waals surface area contributed by atoms with Crippen molar-refractivity contribution in [3.05, 3.63) is 0 Å². The molecule has 1 fully saturated rings. The molecule has 0 bridgehead atoms. The first-order chi connectivity index (χ1) is 9.82. The highest BCUT2D eigenvalue weighted by Gasteiger charge is 2.35. The molecule has 0 radical (unpaired) electrons. The van der Waals surface area contributed by atoms with Crippen LogP contribution >= 0.6 is 0 Å². The van der Waals surface area contributed by atoms with Gasteiger partial charge in [0.2, 0.25) is 0 Å². The van der Waals surface area contributed by atoms with E-state index in [0.29, 0.717) is 11.5 Å². The zero-order valence-electron chi connectivity index (χ0n) is 15.3. The minimum atomic E-state index is 0.208. The lowest BCUT2D eigenvalue weighted by Crippen LogP contribution is -2.51. The van der Waals surface area contributed by atoms with Gasteiger partial charge in [-0.05, 0) is 52.5 Å². The van der Waals surface area contributed by atoms with Crippen molar-refractivity contribution in [1.29, 1.82) is 0 Å². The molecule has 1 rings (SSSR count). The summed E-state index contributed by atoms with van der Waals surface area (Å²) in [5, 5.41) is 3.77. The summed E-state index contributed by atoms with van der Waals surface area (Å²) in [5.41, 5.74) is 0.656. The van der Waals surface area contributed by atoms with Crippen LogP contribution in [0, 0.1) is 5.41 Å². The summed E-state index contributed by atoms with van der Waals surface area (Å²) >= 11 is 0. The Morgan fingerprint density at radius 1 is 1.19 bits per heavy atom. The van der Waals surface area contributed by atoms with Gasteiger partial charge in [-0.1, -0.05) is 26.2 Å². The van der Waals surface area contributed by atoms with E-state index in [-0.39, 0.29) is 5.54 Å². The SMILES string of the molecule is CCN(CC1(CNC(C)(C)C)CCCCC1)C(C)COC. The molecule has 1 aliphatic carbocycles. The molecule has 0 aromatic heterocycles. The minimum Gasteiger partial charge on any atom is -0.383 e. The van der Waals surface area contributed by atoms with Crippen LogP contribution in [-0.4, -0.2) is 49.8 Å². The van der Waals surface area contributed by atoms with Gasteiger partial charge in [0, 0.05) is 31.8 Å². The molecule has 0 aromatic carbocycles. The quantitative estimate of drug-likeness (QED) is 0.740. The first kappa shape index (κ1) is 18.9. The molecule has 1 N–H and O–H groups in total. The monoisotopic (exact) mass is 298 g/mol. The fourth-order valence-corrected chi connectivity index (χ4v) is 3.50. The summed E-state index contributed by atoms with van der Waals surface area (Å²) < 4.78 is 5.37. The maximum atomic E-state index is 5.37. The minimum absolute atomic E-state index is 0.208. The molecular formula is C18H38N2O. The van der Waals surface area contributed by atoms with Crippen LogP contribution in [0.25, 0.3) is 0 Å². The molecule has 3 nitrogen and oxygen atoms in total. The van der Waals surface area contributed by atoms with Crippen LogP contribution in [0.15, 0.2) is 0 Å². The number of rotatable bonds is 8. The fourth-order valence-electron chi connectivity index (χ4n) is 3.50. The first-order valence-corrected chi connectivity index (χ1v) is 8.80. The van der Waals surface area contributed by atoms with Crippen LogP contribution in [0.1, 0.15) is 66.7 Å². The van der Waals surface area contributed by atoms with E-state index in [1.54, 1.807) is 0 Å². The topological polar surface area (TPSA) is 24.5 Å². The van der Waals surface area contributed by atoms with E-state index < -0.39 is 0 Å². The Bertz CT molecular complexity index is 279. The van der Waals surface area contributed by atoms with Crippen molar-refractivity contribution in [3.8, 4) is 0 Å². The van der Waals surface area contributed by atoms with Gasteiger partial charge in [0.1, 0.15) is 0 Å². The maximum Gasteiger partial charge on any atom is 0.0615 e. The number of hydrogen-bond donors (Lipinski definition) is 1. The van der Waals surface area contributed by atoms with E-state index in [0.717, 1.165) is 19.7 Å². The number of nitrogens with zero attached hydrogens (tertiary/aromatic N) is 1. The molecule has 3 heteroatoms. The Kier molecular flexibility index (Phi) is 7.66. The van der Waals surface area contributed by atoms with Gasteiger partial charge in [0.05, 0.1) is 6.61 Å². The molecule has 0 spiro atoms. The zero-order chi connectivity index (χ0) is 15.9. The van der Waals surface area contributed by atoms with Crippen molar-refractivity contribution in [2.45, 2.75) is 78.3 Å². The molecule has 21 heavy (non-hydrogen) atoms. The van der Waals surface area contributed by atoms with Crippen LogP contribution in [0.3, 0.4) is 0 Å². The van der Waals surface area contributed by atoms with Gasteiger partial charge in [-0.25, -0.2) is 0 Å². The summed E-state index contributed by atoms with van der Waals surface area (Å²) in [4.78, 5) is 2.61. The molecule has 1 aliphatic rings. The van der Waals surface area contributed by atoms with E-state index >= 15 is 0 Å². The van der Waals surface area contributed by atoms with E-state index in [9.17, 15) is 0 Å². The number of ether oxygens (including phenoxy) is 1. The van der Waals surface area contributed by atoms with Crippen molar-refractivity contribution < 1.29 is 4.74 Å². The highest BCUT2D eigenvalue weighted by Crippen LogP contribution is 2.37. The van der Waals surface area contributed by atoms with Crippen molar-refractivity contribution in [3.63, 3.8) is 0 Å². The number of likely N-dealkylation sites (N-methyl/N-ethyl adjacent to an activating group) is 1. The normalized spacial score (nSPS) is 20.7. The number of hydrogen-bond acceptors (Lipinski definition) is 3. The second kappa shape index (κ2) is 8.50. The molecule has 0 aromatic rings. The Morgan fingerprint density at radius 3 is 2.29 bits per heavy atom. The predicted octanol–water partition coefficient (Wildman–Crippen LogP) is 3.68. The summed E-state index contributed by atoms with van der Waals surface area (Å²) in [6, 6.07) is 0.508. The highest BCUT2D eigenvalue weighted by atomic mass is 16.5. The van der Waals surface area contributed by atoms with E-state index in [1.165, 1.54) is 38.6 Å². The summed E-state index contributed by atoms with van der Waals surface area (Å²) in [7, 11) is 1.81. The zero-order valence-corrected chi connectivity index (χ0v) is 15.3. The van der Waals surface area contributed by atoms with Crippen molar-refractivity contribution in [1.82, 2.24) is 10.2 Å². The van der Waals surface area contributed by atoms with E-state index in [4.69, 9.17) is 4.74 Å². The second-order valence-electron chi connectivity index (χ2n) is 8.03. The fraction of sp³-hybridized carbons (Fsp3) is 1.00. The van der Waals surface area contributed by atoms with Gasteiger partial charge < -0.3 is 10.1 Å². The average molecular weight is 299 g/mol. The van der Waals surface area contributed by atoms with Crippen molar-refractivity contribution in [2.75, 3.05) is 33.4 Å². The molecular weight excluding hydrogens is 260 g/mol. The highest BCUT2D eigenvalue weighted by molar-refractivity contribution is 4.90. The predicted molar refractivity (Wildman–Crippen MR) is 91.9 cm³/mol. The Hall–Kier alpha value is -0.120. The standard InChI is InChI=1S/C18H38N2O/c1-7-20(16(2)13-21-6)15-18(11-9-8-10-12-18)14-19-17(3,4)5/h16,19H,7-15H2,1-6H3. The number of methoxy groups -OCH3 is 1. The Morgan fingerprint density at radius 2 is 1.81 bits per heavy atom. The van der Waals surface area contributed by atoms with Gasteiger partial charge in [-0.3, -0.25) is 4.90 Å².